The highest BCUT2D eigenvalue weighted by Gasteiger charge is 2.23. The standard InChI is InChI=1S/C20H23ClN4/c1-20(2,3)19-23-10-14-12-25(7-6-17(14)24-19)11-13-9-22-18-5-4-15(21)8-16(13)18/h4-5,8-10,22H,6-7,11-12H2,1-3H3. The van der Waals surface area contributed by atoms with Crippen LogP contribution in [0.4, 0.5) is 0 Å². The van der Waals surface area contributed by atoms with Gasteiger partial charge in [0.2, 0.25) is 0 Å². The minimum absolute atomic E-state index is 0.00449. The van der Waals surface area contributed by atoms with Gasteiger partial charge < -0.3 is 4.98 Å². The Morgan fingerprint density at radius 1 is 1.28 bits per heavy atom. The highest BCUT2D eigenvalue weighted by molar-refractivity contribution is 6.31. The Labute approximate surface area is 153 Å². The summed E-state index contributed by atoms with van der Waals surface area (Å²) in [6.07, 6.45) is 5.08. The predicted octanol–water partition coefficient (Wildman–Crippen LogP) is 4.47. The first-order valence-corrected chi connectivity index (χ1v) is 9.11. The highest BCUT2D eigenvalue weighted by Crippen LogP contribution is 2.26. The van der Waals surface area contributed by atoms with Crippen molar-refractivity contribution in [2.75, 3.05) is 6.54 Å². The zero-order chi connectivity index (χ0) is 17.6. The number of benzene rings is 1. The average molecular weight is 355 g/mol. The average Bonchev–Trinajstić information content (AvgIpc) is 2.95. The van der Waals surface area contributed by atoms with Crippen molar-refractivity contribution in [1.29, 1.82) is 0 Å². The van der Waals surface area contributed by atoms with E-state index in [-0.39, 0.29) is 5.41 Å². The van der Waals surface area contributed by atoms with Crippen LogP contribution in [0.2, 0.25) is 5.02 Å². The first-order chi connectivity index (χ1) is 11.9. The fraction of sp³-hybridized carbons (Fsp3) is 0.400. The third-order valence-corrected chi connectivity index (χ3v) is 5.04. The SMILES string of the molecule is CC(C)(C)c1ncc2c(n1)CCN(Cc1c[nH]c3ccc(Cl)cc13)C2. The van der Waals surface area contributed by atoms with Crippen LogP contribution in [0.25, 0.3) is 10.9 Å². The van der Waals surface area contributed by atoms with E-state index in [2.05, 4.69) is 41.8 Å². The number of aromatic amines is 1. The molecule has 0 saturated carbocycles. The number of aromatic nitrogens is 3. The summed E-state index contributed by atoms with van der Waals surface area (Å²) in [7, 11) is 0. The van der Waals surface area contributed by atoms with Crippen molar-refractivity contribution in [2.24, 2.45) is 0 Å². The van der Waals surface area contributed by atoms with Crippen LogP contribution in [0.15, 0.2) is 30.6 Å². The van der Waals surface area contributed by atoms with E-state index in [1.54, 1.807) is 0 Å². The summed E-state index contributed by atoms with van der Waals surface area (Å²) >= 11 is 6.16. The number of hydrogen-bond acceptors (Lipinski definition) is 3. The van der Waals surface area contributed by atoms with Crippen LogP contribution in [0.5, 0.6) is 0 Å². The summed E-state index contributed by atoms with van der Waals surface area (Å²) in [5.74, 6) is 0.936. The monoisotopic (exact) mass is 354 g/mol. The molecule has 0 fully saturated rings. The molecule has 0 aliphatic carbocycles. The Morgan fingerprint density at radius 3 is 2.92 bits per heavy atom. The molecule has 2 aromatic heterocycles. The van der Waals surface area contributed by atoms with E-state index in [4.69, 9.17) is 16.6 Å². The lowest BCUT2D eigenvalue weighted by Crippen LogP contribution is -2.31. The fourth-order valence-electron chi connectivity index (χ4n) is 3.39. The van der Waals surface area contributed by atoms with Crippen LogP contribution in [0, 0.1) is 0 Å². The largest absolute Gasteiger partial charge is 0.361 e. The molecule has 0 bridgehead atoms. The van der Waals surface area contributed by atoms with Crippen molar-refractivity contribution in [1.82, 2.24) is 19.9 Å². The Balaban J connectivity index is 1.55. The molecule has 0 spiro atoms. The molecule has 5 heteroatoms. The molecule has 1 N–H and O–H groups in total. The number of fused-ring (bicyclic) bond motifs is 2. The molecule has 0 atom stereocenters. The first-order valence-electron chi connectivity index (χ1n) is 8.73. The molecule has 3 aromatic rings. The van der Waals surface area contributed by atoms with Gasteiger partial charge in [-0.2, -0.15) is 0 Å². The molecular weight excluding hydrogens is 332 g/mol. The second-order valence-corrected chi connectivity index (χ2v) is 8.32. The fourth-order valence-corrected chi connectivity index (χ4v) is 3.57. The van der Waals surface area contributed by atoms with E-state index in [0.717, 1.165) is 42.4 Å². The number of halogens is 1. The van der Waals surface area contributed by atoms with Crippen LogP contribution >= 0.6 is 11.6 Å². The lowest BCUT2D eigenvalue weighted by molar-refractivity contribution is 0.243. The maximum Gasteiger partial charge on any atom is 0.133 e. The zero-order valence-corrected chi connectivity index (χ0v) is 15.7. The maximum absolute atomic E-state index is 6.16. The van der Waals surface area contributed by atoms with E-state index >= 15 is 0 Å². The summed E-state index contributed by atoms with van der Waals surface area (Å²) in [6, 6.07) is 6.00. The van der Waals surface area contributed by atoms with E-state index in [0.29, 0.717) is 0 Å². The van der Waals surface area contributed by atoms with Crippen molar-refractivity contribution in [3.8, 4) is 0 Å². The van der Waals surface area contributed by atoms with Crippen LogP contribution < -0.4 is 0 Å². The minimum atomic E-state index is -0.00449. The van der Waals surface area contributed by atoms with Gasteiger partial charge in [-0.15, -0.1) is 0 Å². The topological polar surface area (TPSA) is 44.8 Å². The van der Waals surface area contributed by atoms with Gasteiger partial charge in [-0.1, -0.05) is 32.4 Å². The first kappa shape index (κ1) is 16.6. The lowest BCUT2D eigenvalue weighted by atomic mass is 9.95. The summed E-state index contributed by atoms with van der Waals surface area (Å²) in [5.41, 5.74) is 4.87. The van der Waals surface area contributed by atoms with E-state index in [9.17, 15) is 0 Å². The van der Waals surface area contributed by atoms with Gasteiger partial charge in [0.1, 0.15) is 5.82 Å². The van der Waals surface area contributed by atoms with Crippen molar-refractivity contribution in [3.05, 3.63) is 58.3 Å². The van der Waals surface area contributed by atoms with Gasteiger partial charge in [0, 0.05) is 71.0 Å². The predicted molar refractivity (Wildman–Crippen MR) is 102 cm³/mol. The zero-order valence-electron chi connectivity index (χ0n) is 14.9. The summed E-state index contributed by atoms with van der Waals surface area (Å²) in [4.78, 5) is 15.2. The molecular formula is C20H23ClN4. The maximum atomic E-state index is 6.16. The molecule has 0 amide bonds. The van der Waals surface area contributed by atoms with Crippen molar-refractivity contribution < 1.29 is 0 Å². The van der Waals surface area contributed by atoms with E-state index in [1.807, 2.05) is 24.4 Å². The number of rotatable bonds is 2. The van der Waals surface area contributed by atoms with E-state index in [1.165, 1.54) is 22.2 Å². The van der Waals surface area contributed by atoms with Gasteiger partial charge in [0.05, 0.1) is 0 Å². The molecule has 0 saturated heterocycles. The minimum Gasteiger partial charge on any atom is -0.361 e. The molecule has 1 aliphatic rings. The molecule has 1 aliphatic heterocycles. The van der Waals surface area contributed by atoms with Gasteiger partial charge >= 0.3 is 0 Å². The molecule has 4 nitrogen and oxygen atoms in total. The number of hydrogen-bond donors (Lipinski definition) is 1. The number of H-pyrrole nitrogens is 1. The van der Waals surface area contributed by atoms with Gasteiger partial charge in [-0.25, -0.2) is 9.97 Å². The van der Waals surface area contributed by atoms with Crippen molar-refractivity contribution >= 4 is 22.5 Å². The molecule has 0 unspecified atom stereocenters. The van der Waals surface area contributed by atoms with E-state index < -0.39 is 0 Å². The quantitative estimate of drug-likeness (QED) is 0.738. The molecule has 3 heterocycles. The molecule has 0 radical (unpaired) electrons. The van der Waals surface area contributed by atoms with Crippen LogP contribution in [0.1, 0.15) is 43.4 Å². The Bertz CT molecular complexity index is 923. The van der Waals surface area contributed by atoms with Gasteiger partial charge in [0.25, 0.3) is 0 Å². The molecule has 130 valence electrons. The van der Waals surface area contributed by atoms with Gasteiger partial charge in [-0.3, -0.25) is 4.90 Å². The summed E-state index contributed by atoms with van der Waals surface area (Å²) < 4.78 is 0. The van der Waals surface area contributed by atoms with Crippen LogP contribution in [-0.4, -0.2) is 26.4 Å². The lowest BCUT2D eigenvalue weighted by Gasteiger charge is -2.29. The Hall–Kier alpha value is -1.91. The summed E-state index contributed by atoms with van der Waals surface area (Å²) in [6.45, 7) is 9.29. The third kappa shape index (κ3) is 3.29. The second-order valence-electron chi connectivity index (χ2n) is 7.88. The molecule has 25 heavy (non-hydrogen) atoms. The highest BCUT2D eigenvalue weighted by atomic mass is 35.5. The van der Waals surface area contributed by atoms with Crippen LogP contribution in [0.3, 0.4) is 0 Å². The molecule has 1 aromatic carbocycles. The summed E-state index contributed by atoms with van der Waals surface area (Å²) in [5, 5.41) is 1.98. The number of nitrogens with one attached hydrogen (secondary N) is 1. The van der Waals surface area contributed by atoms with Gasteiger partial charge in [0.15, 0.2) is 0 Å². The van der Waals surface area contributed by atoms with Crippen molar-refractivity contribution in [2.45, 2.75) is 45.7 Å². The second kappa shape index (κ2) is 6.11. The van der Waals surface area contributed by atoms with Gasteiger partial charge in [-0.05, 0) is 23.8 Å². The van der Waals surface area contributed by atoms with Crippen LogP contribution in [-0.2, 0) is 24.9 Å². The molecule has 4 rings (SSSR count). The van der Waals surface area contributed by atoms with Crippen molar-refractivity contribution in [3.63, 3.8) is 0 Å². The third-order valence-electron chi connectivity index (χ3n) is 4.81. The Morgan fingerprint density at radius 2 is 2.12 bits per heavy atom. The normalized spacial score (nSPS) is 15.5. The Kier molecular flexibility index (Phi) is 4.05. The smallest absolute Gasteiger partial charge is 0.133 e. The number of nitrogens with zero attached hydrogens (tertiary/aromatic N) is 3.